The zero-order valence-corrected chi connectivity index (χ0v) is 11.0. The van der Waals surface area contributed by atoms with E-state index in [-0.39, 0.29) is 6.04 Å². The Balaban J connectivity index is 2.92. The lowest BCUT2D eigenvalue weighted by atomic mass is 10.2. The van der Waals surface area contributed by atoms with Gasteiger partial charge >= 0.3 is 0 Å². The minimum Gasteiger partial charge on any atom is -0.311 e. The van der Waals surface area contributed by atoms with Crippen LogP contribution in [0.5, 0.6) is 0 Å². The number of aromatic nitrogens is 2. The molecule has 1 rings (SSSR count). The van der Waals surface area contributed by atoms with Crippen LogP contribution in [0, 0.1) is 0 Å². The van der Waals surface area contributed by atoms with E-state index in [0.717, 1.165) is 29.4 Å². The van der Waals surface area contributed by atoms with Gasteiger partial charge in [-0.25, -0.2) is 0 Å². The van der Waals surface area contributed by atoms with Gasteiger partial charge in [-0.2, -0.15) is 16.9 Å². The second-order valence-electron chi connectivity index (χ2n) is 3.40. The van der Waals surface area contributed by atoms with Crippen molar-refractivity contribution in [2.75, 3.05) is 19.1 Å². The fourth-order valence-corrected chi connectivity index (χ4v) is 2.50. The largest absolute Gasteiger partial charge is 0.311 e. The van der Waals surface area contributed by atoms with Crippen LogP contribution in [0.15, 0.2) is 6.20 Å². The molecule has 0 saturated carbocycles. The summed E-state index contributed by atoms with van der Waals surface area (Å²) in [5.41, 5.74) is 1.11. The van der Waals surface area contributed by atoms with Crippen LogP contribution in [0.25, 0.3) is 0 Å². The van der Waals surface area contributed by atoms with Crippen molar-refractivity contribution in [3.63, 3.8) is 0 Å². The van der Waals surface area contributed by atoms with Crippen LogP contribution < -0.4 is 5.32 Å². The molecule has 0 aromatic carbocycles. The van der Waals surface area contributed by atoms with E-state index in [9.17, 15) is 0 Å². The first kappa shape index (κ1) is 12.9. The Kier molecular flexibility index (Phi) is 5.50. The predicted octanol–water partition coefficient (Wildman–Crippen LogP) is 2.57. The number of hydrogen-bond acceptors (Lipinski definition) is 3. The van der Waals surface area contributed by atoms with Gasteiger partial charge in [0.25, 0.3) is 0 Å². The average Bonchev–Trinajstić information content (AvgIpc) is 2.58. The zero-order chi connectivity index (χ0) is 11.3. The second-order valence-corrected chi connectivity index (χ2v) is 4.72. The van der Waals surface area contributed by atoms with E-state index in [4.69, 9.17) is 11.6 Å². The summed E-state index contributed by atoms with van der Waals surface area (Å²) in [5.74, 6) is 1.01. The highest BCUT2D eigenvalue weighted by Crippen LogP contribution is 2.24. The van der Waals surface area contributed by atoms with E-state index in [1.165, 1.54) is 0 Å². The van der Waals surface area contributed by atoms with Gasteiger partial charge in [0.2, 0.25) is 0 Å². The smallest absolute Gasteiger partial charge is 0.0834 e. The third kappa shape index (κ3) is 3.13. The van der Waals surface area contributed by atoms with Crippen LogP contribution in [0.1, 0.15) is 25.1 Å². The van der Waals surface area contributed by atoms with Crippen molar-refractivity contribution in [2.24, 2.45) is 0 Å². The first-order valence-electron chi connectivity index (χ1n) is 5.12. The molecule has 0 spiro atoms. The number of hydrogen-bond donors (Lipinski definition) is 1. The van der Waals surface area contributed by atoms with Gasteiger partial charge in [-0.05, 0) is 19.7 Å². The number of rotatable bonds is 6. The summed E-state index contributed by atoms with van der Waals surface area (Å²) in [5, 5.41) is 8.33. The van der Waals surface area contributed by atoms with Crippen LogP contribution in [0.2, 0.25) is 5.02 Å². The predicted molar refractivity (Wildman–Crippen MR) is 67.7 cm³/mol. The quantitative estimate of drug-likeness (QED) is 0.838. The monoisotopic (exact) mass is 247 g/mol. The van der Waals surface area contributed by atoms with Gasteiger partial charge in [-0.3, -0.25) is 4.68 Å². The molecule has 1 atom stereocenters. The highest BCUT2D eigenvalue weighted by Gasteiger charge is 2.17. The Bertz CT molecular complexity index is 301. The Morgan fingerprint density at radius 3 is 2.93 bits per heavy atom. The van der Waals surface area contributed by atoms with E-state index in [1.54, 1.807) is 18.0 Å². The highest BCUT2D eigenvalue weighted by atomic mass is 35.5. The summed E-state index contributed by atoms with van der Waals surface area (Å²) in [7, 11) is 1.96. The molecule has 1 N–H and O–H groups in total. The van der Waals surface area contributed by atoms with Crippen LogP contribution in [0.3, 0.4) is 0 Å². The standard InChI is InChI=1S/C10H18ClN3S/c1-4-5-14-10(8(11)6-13-14)9(12-2)7-15-3/h6,9,12H,4-5,7H2,1-3H3. The van der Waals surface area contributed by atoms with Crippen LogP contribution in [-0.2, 0) is 6.54 Å². The van der Waals surface area contributed by atoms with Crippen molar-refractivity contribution in [3.05, 3.63) is 16.9 Å². The molecule has 1 heterocycles. The Labute approximate surface area is 101 Å². The molecule has 0 aliphatic rings. The summed E-state index contributed by atoms with van der Waals surface area (Å²) >= 11 is 7.96. The minimum atomic E-state index is 0.279. The fourth-order valence-electron chi connectivity index (χ4n) is 1.57. The topological polar surface area (TPSA) is 29.9 Å². The van der Waals surface area contributed by atoms with Crippen molar-refractivity contribution >= 4 is 23.4 Å². The molecule has 1 aromatic heterocycles. The summed E-state index contributed by atoms with van der Waals surface area (Å²) in [6.45, 7) is 3.07. The molecular weight excluding hydrogens is 230 g/mol. The van der Waals surface area contributed by atoms with Gasteiger partial charge < -0.3 is 5.32 Å². The van der Waals surface area contributed by atoms with Crippen molar-refractivity contribution in [2.45, 2.75) is 25.9 Å². The van der Waals surface area contributed by atoms with Gasteiger partial charge in [0.15, 0.2) is 0 Å². The molecule has 0 saturated heterocycles. The van der Waals surface area contributed by atoms with Gasteiger partial charge in [-0.15, -0.1) is 0 Å². The number of nitrogens with zero attached hydrogens (tertiary/aromatic N) is 2. The fraction of sp³-hybridized carbons (Fsp3) is 0.700. The molecule has 0 aliphatic heterocycles. The molecule has 0 aliphatic carbocycles. The lowest BCUT2D eigenvalue weighted by molar-refractivity contribution is 0.524. The van der Waals surface area contributed by atoms with E-state index < -0.39 is 0 Å². The maximum Gasteiger partial charge on any atom is 0.0834 e. The van der Waals surface area contributed by atoms with Gasteiger partial charge in [-0.1, -0.05) is 18.5 Å². The van der Waals surface area contributed by atoms with Gasteiger partial charge in [0, 0.05) is 12.3 Å². The number of thioether (sulfide) groups is 1. The second kappa shape index (κ2) is 6.40. The normalized spacial score (nSPS) is 13.1. The first-order chi connectivity index (χ1) is 7.24. The molecule has 15 heavy (non-hydrogen) atoms. The van der Waals surface area contributed by atoms with Crippen molar-refractivity contribution in [1.29, 1.82) is 0 Å². The molecule has 0 bridgehead atoms. The van der Waals surface area contributed by atoms with Crippen molar-refractivity contribution in [3.8, 4) is 0 Å². The van der Waals surface area contributed by atoms with E-state index in [2.05, 4.69) is 23.6 Å². The molecule has 5 heteroatoms. The Morgan fingerprint density at radius 2 is 2.40 bits per heavy atom. The van der Waals surface area contributed by atoms with Crippen LogP contribution in [-0.4, -0.2) is 28.8 Å². The molecule has 1 aromatic rings. The SMILES string of the molecule is CCCn1ncc(Cl)c1C(CSC)NC. The maximum atomic E-state index is 6.16. The third-order valence-corrected chi connectivity index (χ3v) is 3.24. The Morgan fingerprint density at radius 1 is 1.67 bits per heavy atom. The van der Waals surface area contributed by atoms with Gasteiger partial charge in [0.05, 0.1) is 23.0 Å². The van der Waals surface area contributed by atoms with Crippen LogP contribution >= 0.6 is 23.4 Å². The number of aryl methyl sites for hydroxylation is 1. The first-order valence-corrected chi connectivity index (χ1v) is 6.89. The van der Waals surface area contributed by atoms with Crippen LogP contribution in [0.4, 0.5) is 0 Å². The molecule has 0 radical (unpaired) electrons. The molecule has 1 unspecified atom stereocenters. The highest BCUT2D eigenvalue weighted by molar-refractivity contribution is 7.98. The number of halogens is 1. The lowest BCUT2D eigenvalue weighted by Crippen LogP contribution is -2.22. The maximum absolute atomic E-state index is 6.16. The molecule has 3 nitrogen and oxygen atoms in total. The van der Waals surface area contributed by atoms with E-state index in [0.29, 0.717) is 0 Å². The molecular formula is C10H18ClN3S. The Hall–Kier alpha value is -0.190. The molecule has 0 amide bonds. The summed E-state index contributed by atoms with van der Waals surface area (Å²) < 4.78 is 2.00. The van der Waals surface area contributed by atoms with E-state index in [1.807, 2.05) is 11.7 Å². The molecule has 0 fully saturated rings. The minimum absolute atomic E-state index is 0.279. The summed E-state index contributed by atoms with van der Waals surface area (Å²) in [6, 6.07) is 0.279. The average molecular weight is 248 g/mol. The summed E-state index contributed by atoms with van der Waals surface area (Å²) in [4.78, 5) is 0. The molecule has 86 valence electrons. The van der Waals surface area contributed by atoms with Crippen molar-refractivity contribution in [1.82, 2.24) is 15.1 Å². The number of nitrogens with one attached hydrogen (secondary N) is 1. The lowest BCUT2D eigenvalue weighted by Gasteiger charge is -2.17. The zero-order valence-electron chi connectivity index (χ0n) is 9.46. The van der Waals surface area contributed by atoms with Crippen molar-refractivity contribution < 1.29 is 0 Å². The van der Waals surface area contributed by atoms with Gasteiger partial charge in [0.1, 0.15) is 0 Å². The van der Waals surface area contributed by atoms with E-state index >= 15 is 0 Å². The third-order valence-electron chi connectivity index (χ3n) is 2.28. The summed E-state index contributed by atoms with van der Waals surface area (Å²) in [6.07, 6.45) is 4.90.